The molecule has 2 aliphatic rings. The molecule has 0 spiro atoms. The third-order valence-electron chi connectivity index (χ3n) is 6.18. The number of hydrogen-bond acceptors (Lipinski definition) is 8. The fourth-order valence-electron chi connectivity index (χ4n) is 4.69. The minimum atomic E-state index is -0.898. The summed E-state index contributed by atoms with van der Waals surface area (Å²) in [5.74, 6) is 1.71. The summed E-state index contributed by atoms with van der Waals surface area (Å²) in [4.78, 5) is 23.4. The highest BCUT2D eigenvalue weighted by molar-refractivity contribution is 5.89. The van der Waals surface area contributed by atoms with Crippen LogP contribution in [0.15, 0.2) is 24.4 Å². The van der Waals surface area contributed by atoms with Crippen molar-refractivity contribution in [3.05, 3.63) is 30.0 Å². The molecule has 2 unspecified atom stereocenters. The first-order valence-electron chi connectivity index (χ1n) is 11.3. The standard InChI is InChI=1S/C23H28N6O4/c1-13(2)29-22-18(10-25-29)21(28-11-16-4-5-17(12-28)32-16)26-20(27-22)15-3-6-19(33-23(24)31)14(9-15)7-8-30/h3,6,9-10,13,16-17,30H,4-5,7-8,11-12H2,1-2H3,(H2,24,31). The summed E-state index contributed by atoms with van der Waals surface area (Å²) in [6.07, 6.45) is 3.83. The van der Waals surface area contributed by atoms with E-state index in [1.165, 1.54) is 0 Å². The molecule has 2 aliphatic heterocycles. The van der Waals surface area contributed by atoms with Crippen LogP contribution in [0.1, 0.15) is 38.3 Å². The van der Waals surface area contributed by atoms with Crippen LogP contribution in [-0.2, 0) is 11.2 Å². The van der Waals surface area contributed by atoms with E-state index in [-0.39, 0.29) is 24.9 Å². The Labute approximate surface area is 191 Å². The molecule has 10 nitrogen and oxygen atoms in total. The monoisotopic (exact) mass is 452 g/mol. The van der Waals surface area contributed by atoms with Crippen LogP contribution in [0.2, 0.25) is 0 Å². The summed E-state index contributed by atoms with van der Waals surface area (Å²) in [6, 6.07) is 5.42. The van der Waals surface area contributed by atoms with Crippen molar-refractivity contribution in [2.45, 2.75) is 51.4 Å². The Hall–Kier alpha value is -3.24. The number of morpholine rings is 1. The van der Waals surface area contributed by atoms with Gasteiger partial charge in [-0.05, 0) is 56.9 Å². The molecule has 1 aromatic carbocycles. The van der Waals surface area contributed by atoms with Crippen LogP contribution in [-0.4, -0.2) is 62.9 Å². The lowest BCUT2D eigenvalue weighted by Crippen LogP contribution is -2.43. The zero-order valence-electron chi connectivity index (χ0n) is 18.8. The van der Waals surface area contributed by atoms with Crippen LogP contribution in [0.5, 0.6) is 5.75 Å². The smallest absolute Gasteiger partial charge is 0.409 e. The number of fused-ring (bicyclic) bond motifs is 3. The third kappa shape index (κ3) is 4.11. The second kappa shape index (κ2) is 8.60. The number of carbonyl (C=O) groups is 1. The van der Waals surface area contributed by atoms with Crippen molar-refractivity contribution in [1.82, 2.24) is 19.7 Å². The molecule has 3 N–H and O–H groups in total. The molecule has 0 radical (unpaired) electrons. The second-order valence-corrected chi connectivity index (χ2v) is 8.87. The normalized spacial score (nSPS) is 20.1. The quantitative estimate of drug-likeness (QED) is 0.584. The lowest BCUT2D eigenvalue weighted by molar-refractivity contribution is 0.0303. The highest BCUT2D eigenvalue weighted by Gasteiger charge is 2.35. The molecule has 1 amide bonds. The second-order valence-electron chi connectivity index (χ2n) is 8.87. The van der Waals surface area contributed by atoms with Gasteiger partial charge in [0.15, 0.2) is 11.5 Å². The zero-order valence-corrected chi connectivity index (χ0v) is 18.8. The number of primary amides is 1. The molecule has 5 rings (SSSR count). The molecule has 2 atom stereocenters. The number of aliphatic hydroxyl groups excluding tert-OH is 1. The van der Waals surface area contributed by atoms with Crippen LogP contribution in [0.4, 0.5) is 10.6 Å². The van der Waals surface area contributed by atoms with Crippen LogP contribution < -0.4 is 15.4 Å². The van der Waals surface area contributed by atoms with Gasteiger partial charge in [0.1, 0.15) is 11.6 Å². The van der Waals surface area contributed by atoms with Gasteiger partial charge >= 0.3 is 6.09 Å². The van der Waals surface area contributed by atoms with E-state index in [0.717, 1.165) is 48.3 Å². The van der Waals surface area contributed by atoms with E-state index in [0.29, 0.717) is 23.6 Å². The van der Waals surface area contributed by atoms with E-state index in [9.17, 15) is 9.90 Å². The lowest BCUT2D eigenvalue weighted by atomic mass is 10.1. The number of ether oxygens (including phenoxy) is 2. The highest BCUT2D eigenvalue weighted by Crippen LogP contribution is 2.35. The Balaban J connectivity index is 1.63. The first-order valence-corrected chi connectivity index (χ1v) is 11.3. The molecule has 33 heavy (non-hydrogen) atoms. The first kappa shape index (κ1) is 21.6. The Kier molecular flexibility index (Phi) is 5.63. The topological polar surface area (TPSA) is 129 Å². The molecule has 10 heteroatoms. The minimum absolute atomic E-state index is 0.0968. The fraction of sp³-hybridized carbons (Fsp3) is 0.478. The van der Waals surface area contributed by atoms with Gasteiger partial charge in [-0.25, -0.2) is 19.4 Å². The van der Waals surface area contributed by atoms with Crippen molar-refractivity contribution in [3.63, 3.8) is 0 Å². The number of rotatable bonds is 6. The number of aromatic nitrogens is 4. The number of aliphatic hydroxyl groups is 1. The Bertz CT molecular complexity index is 1180. The molecule has 4 heterocycles. The summed E-state index contributed by atoms with van der Waals surface area (Å²) < 4.78 is 13.0. The van der Waals surface area contributed by atoms with Gasteiger partial charge in [-0.2, -0.15) is 5.10 Å². The average molecular weight is 453 g/mol. The van der Waals surface area contributed by atoms with Gasteiger partial charge in [0, 0.05) is 31.3 Å². The third-order valence-corrected chi connectivity index (χ3v) is 6.18. The lowest BCUT2D eigenvalue weighted by Gasteiger charge is -2.33. The van der Waals surface area contributed by atoms with Crippen LogP contribution in [0.3, 0.4) is 0 Å². The van der Waals surface area contributed by atoms with Gasteiger partial charge in [0.05, 0.1) is 23.8 Å². The van der Waals surface area contributed by atoms with Gasteiger partial charge in [0.2, 0.25) is 0 Å². The Morgan fingerprint density at radius 3 is 2.70 bits per heavy atom. The maximum absolute atomic E-state index is 11.3. The predicted octanol–water partition coefficient (Wildman–Crippen LogP) is 2.43. The number of nitrogens with zero attached hydrogens (tertiary/aromatic N) is 5. The van der Waals surface area contributed by atoms with Gasteiger partial charge in [0.25, 0.3) is 0 Å². The fourth-order valence-corrected chi connectivity index (χ4v) is 4.69. The number of amides is 1. The number of hydrogen-bond donors (Lipinski definition) is 2. The van der Waals surface area contributed by atoms with Gasteiger partial charge in [-0.15, -0.1) is 0 Å². The molecular formula is C23H28N6O4. The van der Waals surface area contributed by atoms with Crippen molar-refractivity contribution in [2.24, 2.45) is 5.73 Å². The number of benzene rings is 1. The van der Waals surface area contributed by atoms with E-state index in [1.54, 1.807) is 12.1 Å². The van der Waals surface area contributed by atoms with Gasteiger partial charge < -0.3 is 25.2 Å². The SMILES string of the molecule is CC(C)n1ncc2c(N3CC4CCC(C3)O4)nc(-c3ccc(OC(N)=O)c(CCO)c3)nc21. The average Bonchev–Trinajstić information content (AvgIpc) is 3.36. The maximum atomic E-state index is 11.3. The van der Waals surface area contributed by atoms with Crippen molar-refractivity contribution < 1.29 is 19.4 Å². The highest BCUT2D eigenvalue weighted by atomic mass is 16.5. The van der Waals surface area contributed by atoms with Crippen molar-refractivity contribution in [2.75, 3.05) is 24.6 Å². The molecule has 0 aliphatic carbocycles. The molecular weight excluding hydrogens is 424 g/mol. The molecule has 2 bridgehead atoms. The predicted molar refractivity (Wildman–Crippen MR) is 122 cm³/mol. The molecule has 3 aromatic rings. The summed E-state index contributed by atoms with van der Waals surface area (Å²) in [6.45, 7) is 5.61. The van der Waals surface area contributed by atoms with Gasteiger partial charge in [-0.1, -0.05) is 0 Å². The van der Waals surface area contributed by atoms with E-state index >= 15 is 0 Å². The summed E-state index contributed by atoms with van der Waals surface area (Å²) in [5, 5.41) is 15.0. The number of anilines is 1. The largest absolute Gasteiger partial charge is 0.410 e. The Morgan fingerprint density at radius 2 is 2.03 bits per heavy atom. The zero-order chi connectivity index (χ0) is 23.1. The number of nitrogens with two attached hydrogens (primary N) is 1. The first-order chi connectivity index (χ1) is 15.9. The minimum Gasteiger partial charge on any atom is -0.410 e. The molecule has 2 aromatic heterocycles. The van der Waals surface area contributed by atoms with E-state index in [2.05, 4.69) is 23.8 Å². The van der Waals surface area contributed by atoms with Crippen LogP contribution in [0, 0.1) is 0 Å². The van der Waals surface area contributed by atoms with E-state index in [1.807, 2.05) is 16.9 Å². The van der Waals surface area contributed by atoms with Crippen LogP contribution >= 0.6 is 0 Å². The Morgan fingerprint density at radius 1 is 1.27 bits per heavy atom. The van der Waals surface area contributed by atoms with Gasteiger partial charge in [-0.3, -0.25) is 0 Å². The van der Waals surface area contributed by atoms with E-state index in [4.69, 9.17) is 25.2 Å². The molecule has 0 saturated carbocycles. The summed E-state index contributed by atoms with van der Waals surface area (Å²) in [7, 11) is 0. The van der Waals surface area contributed by atoms with Crippen molar-refractivity contribution in [1.29, 1.82) is 0 Å². The summed E-state index contributed by atoms with van der Waals surface area (Å²) >= 11 is 0. The number of carbonyl (C=O) groups excluding carboxylic acids is 1. The summed E-state index contributed by atoms with van der Waals surface area (Å²) in [5.41, 5.74) is 7.37. The van der Waals surface area contributed by atoms with E-state index < -0.39 is 6.09 Å². The maximum Gasteiger partial charge on any atom is 0.409 e. The molecule has 2 fully saturated rings. The van der Waals surface area contributed by atoms with Crippen molar-refractivity contribution in [3.8, 4) is 17.1 Å². The molecule has 2 saturated heterocycles. The molecule has 174 valence electrons. The van der Waals surface area contributed by atoms with Crippen LogP contribution in [0.25, 0.3) is 22.4 Å². The van der Waals surface area contributed by atoms with Crippen molar-refractivity contribution >= 4 is 22.9 Å².